The van der Waals surface area contributed by atoms with Crippen LogP contribution in [0.3, 0.4) is 0 Å². The van der Waals surface area contributed by atoms with Gasteiger partial charge in [-0.2, -0.15) is 0 Å². The Morgan fingerprint density at radius 2 is 1.89 bits per heavy atom. The number of fused-ring (bicyclic) bond motifs is 3. The molecule has 2 aliphatic carbocycles. The first-order valence-corrected chi connectivity index (χ1v) is 14.1. The fourth-order valence-electron chi connectivity index (χ4n) is 5.77. The van der Waals surface area contributed by atoms with E-state index in [1.165, 1.54) is 6.26 Å². The molecule has 0 radical (unpaired) electrons. The molecule has 0 saturated carbocycles. The first-order valence-electron chi connectivity index (χ1n) is 11.0. The number of rotatable bonds is 3. The quantitative estimate of drug-likeness (QED) is 0.518. The number of phosphoric acid groups is 1. The Bertz CT molecular complexity index is 1390. The summed E-state index contributed by atoms with van der Waals surface area (Å²) in [5.41, 5.74) is -0.131. The Labute approximate surface area is 205 Å². The Kier molecular flexibility index (Phi) is 5.10. The van der Waals surface area contributed by atoms with Crippen molar-refractivity contribution < 1.29 is 37.4 Å². The third-order valence-electron chi connectivity index (χ3n) is 7.80. The maximum absolute atomic E-state index is 13.3. The van der Waals surface area contributed by atoms with Crippen molar-refractivity contribution in [2.75, 3.05) is 6.26 Å². The second-order valence-corrected chi connectivity index (χ2v) is 12.7. The van der Waals surface area contributed by atoms with E-state index in [0.717, 1.165) is 11.1 Å². The number of amides is 1. The Morgan fingerprint density at radius 1 is 1.20 bits per heavy atom. The fraction of sp³-hybridized carbons (Fsp3) is 0.417. The molecular formula is C24H26NO8PS. The first-order chi connectivity index (χ1) is 16.1. The van der Waals surface area contributed by atoms with E-state index in [1.807, 2.05) is 26.0 Å². The van der Waals surface area contributed by atoms with Gasteiger partial charge in [0, 0.05) is 11.7 Å². The highest BCUT2D eigenvalue weighted by atomic mass is 32.2. The van der Waals surface area contributed by atoms with Crippen LogP contribution in [0.5, 0.6) is 5.75 Å². The van der Waals surface area contributed by atoms with Gasteiger partial charge in [0.15, 0.2) is 17.6 Å². The molecule has 4 atom stereocenters. The van der Waals surface area contributed by atoms with E-state index in [9.17, 15) is 28.1 Å². The van der Waals surface area contributed by atoms with Crippen molar-refractivity contribution in [1.29, 1.82) is 0 Å². The summed E-state index contributed by atoms with van der Waals surface area (Å²) >= 11 is 0. The molecule has 9 nitrogen and oxygen atoms in total. The molecule has 0 bridgehead atoms. The molecule has 11 heteroatoms. The average molecular weight is 520 g/mol. The minimum atomic E-state index is -4.96. The van der Waals surface area contributed by atoms with Crippen LogP contribution < -0.4 is 10.1 Å². The highest BCUT2D eigenvalue weighted by Crippen LogP contribution is 2.62. The van der Waals surface area contributed by atoms with Crippen LogP contribution in [0.2, 0.25) is 0 Å². The summed E-state index contributed by atoms with van der Waals surface area (Å²) in [6.07, 6.45) is 5.96. The van der Waals surface area contributed by atoms with E-state index in [-0.39, 0.29) is 27.6 Å². The topological polar surface area (TPSA) is 139 Å². The summed E-state index contributed by atoms with van der Waals surface area (Å²) in [7, 11) is -6.54. The van der Waals surface area contributed by atoms with Gasteiger partial charge in [-0.25, -0.2) is 4.57 Å². The largest absolute Gasteiger partial charge is 0.477 e. The minimum absolute atomic E-state index is 0.154. The van der Waals surface area contributed by atoms with Crippen LogP contribution in [0.4, 0.5) is 0 Å². The maximum Gasteiger partial charge on any atom is 0.471 e. The van der Waals surface area contributed by atoms with E-state index in [1.54, 1.807) is 32.1 Å². The van der Waals surface area contributed by atoms with Crippen molar-refractivity contribution >= 4 is 30.3 Å². The third-order valence-corrected chi connectivity index (χ3v) is 9.20. The number of hydrogen-bond acceptors (Lipinski definition) is 6. The Hall–Kier alpha value is -2.36. The number of carbonyl (C=O) groups is 2. The molecule has 4 unspecified atom stereocenters. The molecule has 35 heavy (non-hydrogen) atoms. The van der Waals surface area contributed by atoms with E-state index < -0.39 is 47.2 Å². The van der Waals surface area contributed by atoms with Gasteiger partial charge < -0.3 is 19.8 Å². The van der Waals surface area contributed by atoms with E-state index in [4.69, 9.17) is 9.26 Å². The van der Waals surface area contributed by atoms with Crippen molar-refractivity contribution in [2.45, 2.75) is 45.9 Å². The van der Waals surface area contributed by atoms with Crippen LogP contribution in [0.25, 0.3) is 0 Å². The third kappa shape index (κ3) is 3.24. The molecule has 186 valence electrons. The zero-order valence-corrected chi connectivity index (χ0v) is 21.6. The molecule has 1 aromatic carbocycles. The molecule has 0 fully saturated rings. The summed E-state index contributed by atoms with van der Waals surface area (Å²) in [4.78, 5) is 45.0. The molecule has 1 amide bonds. The summed E-state index contributed by atoms with van der Waals surface area (Å²) in [5, 5.41) is 2.46. The molecule has 5 rings (SSSR count). The molecule has 0 aromatic heterocycles. The maximum atomic E-state index is 13.3. The average Bonchev–Trinajstić information content (AvgIpc) is 3.04. The van der Waals surface area contributed by atoms with Crippen molar-refractivity contribution in [1.82, 2.24) is 5.32 Å². The van der Waals surface area contributed by atoms with Gasteiger partial charge in [-0.15, -0.1) is 0 Å². The van der Waals surface area contributed by atoms with Crippen LogP contribution in [-0.4, -0.2) is 37.5 Å². The minimum Gasteiger partial charge on any atom is -0.477 e. The smallest absolute Gasteiger partial charge is 0.471 e. The standard InChI is InChI=1S/C24H26NO8PS/c1-12-6-9-16-22(2,3)19(26)15(35(5)31)11-24(16)23(12,4)10-13-7-8-14-17(18(13)32-24)21(25-20(14)27)33-34(28,29)30/h6-9,11,21H,10H2,1-5H3,(H,25,27)(H2,28,29,30). The number of benzene rings is 1. The van der Waals surface area contributed by atoms with Crippen molar-refractivity contribution in [3.63, 3.8) is 0 Å². The molecule has 2 heterocycles. The predicted octanol–water partition coefficient (Wildman–Crippen LogP) is 2.98. The molecule has 1 aromatic rings. The van der Waals surface area contributed by atoms with E-state index >= 15 is 0 Å². The van der Waals surface area contributed by atoms with Crippen LogP contribution in [0.15, 0.2) is 46.4 Å². The fourth-order valence-corrected chi connectivity index (χ4v) is 7.05. The lowest BCUT2D eigenvalue weighted by atomic mass is 9.52. The van der Waals surface area contributed by atoms with Crippen LogP contribution in [0.1, 0.15) is 55.4 Å². The van der Waals surface area contributed by atoms with Gasteiger partial charge in [-0.05, 0) is 50.5 Å². The summed E-state index contributed by atoms with van der Waals surface area (Å²) in [6.45, 7) is 7.54. The van der Waals surface area contributed by atoms with Crippen molar-refractivity contribution in [2.24, 2.45) is 10.8 Å². The normalized spacial score (nSPS) is 31.5. The van der Waals surface area contributed by atoms with Gasteiger partial charge >= 0.3 is 7.82 Å². The lowest BCUT2D eigenvalue weighted by Gasteiger charge is -2.58. The SMILES string of the molecule is CC1=CC=C2C(C)(C)C(=O)C(S(C)=O)=CC23Oc2c(ccc4c2C(OP(=O)(O)O)NC4=O)CC13C. The van der Waals surface area contributed by atoms with E-state index in [0.29, 0.717) is 12.0 Å². The van der Waals surface area contributed by atoms with Gasteiger partial charge in [0.25, 0.3) is 5.91 Å². The number of phosphoric ester groups is 1. The number of Topliss-reactive ketones (excluding diaryl/α,β-unsaturated/α-hetero) is 1. The van der Waals surface area contributed by atoms with Crippen LogP contribution in [-0.2, 0) is 31.1 Å². The summed E-state index contributed by atoms with van der Waals surface area (Å²) < 4.78 is 36.0. The van der Waals surface area contributed by atoms with E-state index in [2.05, 4.69) is 5.32 Å². The van der Waals surface area contributed by atoms with Crippen molar-refractivity contribution in [3.05, 3.63) is 63.1 Å². The van der Waals surface area contributed by atoms with Crippen LogP contribution >= 0.6 is 7.82 Å². The number of allylic oxidation sites excluding steroid dienone is 3. The van der Waals surface area contributed by atoms with Gasteiger partial charge in [0.2, 0.25) is 0 Å². The number of ketones is 1. The van der Waals surface area contributed by atoms with Crippen LogP contribution in [0, 0.1) is 10.8 Å². The first kappa shape index (κ1) is 24.3. The Morgan fingerprint density at radius 3 is 2.51 bits per heavy atom. The van der Waals surface area contributed by atoms with Gasteiger partial charge in [-0.1, -0.05) is 30.7 Å². The van der Waals surface area contributed by atoms with Gasteiger partial charge in [-0.3, -0.25) is 18.3 Å². The second kappa shape index (κ2) is 7.33. The lowest BCUT2D eigenvalue weighted by Crippen LogP contribution is -2.62. The molecule has 4 aliphatic rings. The molecular weight excluding hydrogens is 493 g/mol. The van der Waals surface area contributed by atoms with Gasteiger partial charge in [0.05, 0.1) is 32.2 Å². The summed E-state index contributed by atoms with van der Waals surface area (Å²) in [5.74, 6) is -0.533. The monoisotopic (exact) mass is 519 g/mol. The number of carbonyl (C=O) groups excluding carboxylic acids is 2. The predicted molar refractivity (Wildman–Crippen MR) is 128 cm³/mol. The van der Waals surface area contributed by atoms with Gasteiger partial charge in [0.1, 0.15) is 5.75 Å². The second-order valence-electron chi connectivity index (χ2n) is 10.2. The van der Waals surface area contributed by atoms with Crippen molar-refractivity contribution in [3.8, 4) is 5.75 Å². The number of hydrogen-bond donors (Lipinski definition) is 3. The lowest BCUT2D eigenvalue weighted by molar-refractivity contribution is -0.124. The number of ether oxygens (including phenoxy) is 1. The highest BCUT2D eigenvalue weighted by Gasteiger charge is 2.64. The molecule has 2 aliphatic heterocycles. The molecule has 1 spiro atoms. The summed E-state index contributed by atoms with van der Waals surface area (Å²) in [6, 6.07) is 3.35. The Balaban J connectivity index is 1.81. The zero-order chi connectivity index (χ0) is 25.7. The zero-order valence-electron chi connectivity index (χ0n) is 19.9. The number of nitrogens with one attached hydrogen (secondary N) is 1. The molecule has 0 saturated heterocycles. The molecule has 3 N–H and O–H groups in total. The highest BCUT2D eigenvalue weighted by molar-refractivity contribution is 7.89.